The van der Waals surface area contributed by atoms with Gasteiger partial charge in [-0.2, -0.15) is 0 Å². The molecule has 5 rings (SSSR count). The summed E-state index contributed by atoms with van der Waals surface area (Å²) in [5.41, 5.74) is 1.71. The first-order chi connectivity index (χ1) is 13.1. The van der Waals surface area contributed by atoms with E-state index in [9.17, 15) is 9.59 Å². The maximum absolute atomic E-state index is 12.7. The van der Waals surface area contributed by atoms with Crippen LogP contribution in [0.2, 0.25) is 0 Å². The van der Waals surface area contributed by atoms with E-state index in [1.807, 2.05) is 25.1 Å². The molecule has 0 fully saturated rings. The molecule has 2 aromatic heterocycles. The number of carbonyl (C=O) groups excluding carboxylic acids is 2. The van der Waals surface area contributed by atoms with Crippen molar-refractivity contribution in [2.75, 3.05) is 13.1 Å². The van der Waals surface area contributed by atoms with Crippen molar-refractivity contribution in [3.05, 3.63) is 45.9 Å². The summed E-state index contributed by atoms with van der Waals surface area (Å²) >= 11 is 1.50. The fraction of sp³-hybridized carbons (Fsp3) is 0.368. The molecule has 3 aromatic rings. The Bertz CT molecular complexity index is 1080. The van der Waals surface area contributed by atoms with E-state index in [0.29, 0.717) is 24.6 Å². The molecule has 0 bridgehead atoms. The number of aryl methyl sites for hydroxylation is 1. The molecule has 2 aliphatic heterocycles. The Morgan fingerprint density at radius 1 is 1.41 bits per heavy atom. The second-order valence-electron chi connectivity index (χ2n) is 7.18. The molecule has 4 heterocycles. The zero-order chi connectivity index (χ0) is 18.5. The molecule has 0 radical (unpaired) electrons. The lowest BCUT2D eigenvalue weighted by Crippen LogP contribution is -2.30. The highest BCUT2D eigenvalue weighted by molar-refractivity contribution is 7.21. The quantitative estimate of drug-likeness (QED) is 0.723. The Hall–Kier alpha value is -2.74. The first-order valence-electron chi connectivity index (χ1n) is 9.10. The van der Waals surface area contributed by atoms with Gasteiger partial charge in [0.05, 0.1) is 4.88 Å². The normalized spacial score (nSPS) is 18.3. The molecule has 27 heavy (non-hydrogen) atoms. The van der Waals surface area contributed by atoms with Crippen molar-refractivity contribution in [1.29, 1.82) is 0 Å². The van der Waals surface area contributed by atoms with Crippen LogP contribution in [0.3, 0.4) is 0 Å². The van der Waals surface area contributed by atoms with Crippen LogP contribution in [0.25, 0.3) is 10.1 Å². The predicted molar refractivity (Wildman–Crippen MR) is 102 cm³/mol. The molecule has 0 saturated heterocycles. The zero-order valence-corrected chi connectivity index (χ0v) is 15.7. The van der Waals surface area contributed by atoms with E-state index in [0.717, 1.165) is 51.6 Å². The van der Waals surface area contributed by atoms with Gasteiger partial charge in [0.1, 0.15) is 11.6 Å². The molecule has 1 unspecified atom stereocenters. The predicted octanol–water partition coefficient (Wildman–Crippen LogP) is 1.69. The number of benzene rings is 1. The first kappa shape index (κ1) is 16.4. The maximum Gasteiger partial charge on any atom is 0.261 e. The third kappa shape index (κ3) is 2.71. The van der Waals surface area contributed by atoms with Crippen LogP contribution in [0.4, 0.5) is 0 Å². The number of nitrogens with one attached hydrogen (secondary N) is 2. The molecular formula is C19H19N5O2S. The van der Waals surface area contributed by atoms with Crippen molar-refractivity contribution in [2.24, 2.45) is 5.92 Å². The van der Waals surface area contributed by atoms with Gasteiger partial charge in [0.25, 0.3) is 11.8 Å². The highest BCUT2D eigenvalue weighted by Crippen LogP contribution is 2.34. The highest BCUT2D eigenvalue weighted by atomic mass is 32.1. The minimum absolute atomic E-state index is 0.00743. The molecule has 7 nitrogen and oxygen atoms in total. The number of nitrogens with zero attached hydrogens (tertiary/aromatic N) is 3. The number of aromatic nitrogens is 3. The summed E-state index contributed by atoms with van der Waals surface area (Å²) in [6.45, 7) is 4.07. The van der Waals surface area contributed by atoms with Gasteiger partial charge < -0.3 is 15.2 Å². The Morgan fingerprint density at radius 3 is 3.15 bits per heavy atom. The Kier molecular flexibility index (Phi) is 3.75. The lowest BCUT2D eigenvalue weighted by molar-refractivity contribution is 0.0941. The van der Waals surface area contributed by atoms with Gasteiger partial charge in [-0.25, -0.2) is 0 Å². The van der Waals surface area contributed by atoms with Gasteiger partial charge in [-0.3, -0.25) is 9.59 Å². The fourth-order valence-electron chi connectivity index (χ4n) is 3.97. The Balaban J connectivity index is 1.32. The van der Waals surface area contributed by atoms with Gasteiger partial charge in [0, 0.05) is 42.2 Å². The Labute approximate surface area is 159 Å². The third-order valence-electron chi connectivity index (χ3n) is 5.40. The van der Waals surface area contributed by atoms with Gasteiger partial charge in [0.15, 0.2) is 0 Å². The zero-order valence-electron chi connectivity index (χ0n) is 14.9. The summed E-state index contributed by atoms with van der Waals surface area (Å²) in [6, 6.07) is 5.71. The lowest BCUT2D eigenvalue weighted by Gasteiger charge is -2.13. The van der Waals surface area contributed by atoms with Crippen LogP contribution in [-0.2, 0) is 19.4 Å². The van der Waals surface area contributed by atoms with Crippen molar-refractivity contribution >= 4 is 33.2 Å². The van der Waals surface area contributed by atoms with E-state index >= 15 is 0 Å². The van der Waals surface area contributed by atoms with Crippen LogP contribution < -0.4 is 10.6 Å². The minimum Gasteiger partial charge on any atom is -0.352 e. The number of fused-ring (bicyclic) bond motifs is 4. The fourth-order valence-corrected chi connectivity index (χ4v) is 5.12. The van der Waals surface area contributed by atoms with Crippen molar-refractivity contribution in [3.63, 3.8) is 0 Å². The molecule has 0 spiro atoms. The van der Waals surface area contributed by atoms with Crippen molar-refractivity contribution < 1.29 is 9.59 Å². The van der Waals surface area contributed by atoms with Crippen molar-refractivity contribution in [3.8, 4) is 0 Å². The van der Waals surface area contributed by atoms with Gasteiger partial charge in [-0.1, -0.05) is 0 Å². The van der Waals surface area contributed by atoms with Gasteiger partial charge in [-0.05, 0) is 42.5 Å². The molecule has 8 heteroatoms. The van der Waals surface area contributed by atoms with E-state index in [1.165, 1.54) is 11.3 Å². The van der Waals surface area contributed by atoms with Crippen LogP contribution in [-0.4, -0.2) is 39.7 Å². The monoisotopic (exact) mass is 381 g/mol. The van der Waals surface area contributed by atoms with Gasteiger partial charge in [-0.15, -0.1) is 21.5 Å². The van der Waals surface area contributed by atoms with Crippen LogP contribution in [0.5, 0.6) is 0 Å². The molecule has 1 atom stereocenters. The molecule has 2 amide bonds. The van der Waals surface area contributed by atoms with Crippen LogP contribution >= 0.6 is 11.3 Å². The topological polar surface area (TPSA) is 88.9 Å². The standard InChI is InChI=1S/C19H19N5O2S/c1-10-22-23-16-6-11(9-24(10)16)8-21-18(25)12-2-3-15-14(7-12)13-4-5-20-19(26)17(13)27-15/h2-3,7,11H,4-6,8-9H2,1H3,(H,20,26)(H,21,25). The SMILES string of the molecule is Cc1nnc2n1CC(CNC(=O)c1ccc3sc4c(c3c1)CCNC4=O)C2. The number of amides is 2. The molecule has 0 aliphatic carbocycles. The van der Waals surface area contributed by atoms with Crippen LogP contribution in [0.1, 0.15) is 37.2 Å². The summed E-state index contributed by atoms with van der Waals surface area (Å²) in [5, 5.41) is 15.2. The van der Waals surface area contributed by atoms with E-state index in [2.05, 4.69) is 25.4 Å². The molecule has 2 N–H and O–H groups in total. The number of hydrogen-bond acceptors (Lipinski definition) is 5. The number of rotatable bonds is 3. The average molecular weight is 381 g/mol. The Morgan fingerprint density at radius 2 is 2.30 bits per heavy atom. The van der Waals surface area contributed by atoms with E-state index in [-0.39, 0.29) is 11.8 Å². The largest absolute Gasteiger partial charge is 0.352 e. The van der Waals surface area contributed by atoms with Crippen molar-refractivity contribution in [1.82, 2.24) is 25.4 Å². The third-order valence-corrected chi connectivity index (χ3v) is 6.61. The van der Waals surface area contributed by atoms with E-state index < -0.39 is 0 Å². The van der Waals surface area contributed by atoms with Crippen LogP contribution in [0.15, 0.2) is 18.2 Å². The molecule has 2 aliphatic rings. The number of carbonyl (C=O) groups is 2. The lowest BCUT2D eigenvalue weighted by atomic mass is 10.0. The molecule has 1 aromatic carbocycles. The summed E-state index contributed by atoms with van der Waals surface area (Å²) in [5.74, 6) is 2.19. The minimum atomic E-state index is -0.0727. The van der Waals surface area contributed by atoms with E-state index in [1.54, 1.807) is 0 Å². The summed E-state index contributed by atoms with van der Waals surface area (Å²) in [6.07, 6.45) is 1.65. The molecular weight excluding hydrogens is 362 g/mol. The number of thiophene rings is 1. The van der Waals surface area contributed by atoms with Crippen molar-refractivity contribution in [2.45, 2.75) is 26.3 Å². The molecule has 138 valence electrons. The van der Waals surface area contributed by atoms with Crippen LogP contribution in [0, 0.1) is 12.8 Å². The van der Waals surface area contributed by atoms with E-state index in [4.69, 9.17) is 0 Å². The second kappa shape index (κ2) is 6.16. The summed E-state index contributed by atoms with van der Waals surface area (Å²) in [4.78, 5) is 25.5. The van der Waals surface area contributed by atoms with Gasteiger partial charge >= 0.3 is 0 Å². The maximum atomic E-state index is 12.7. The highest BCUT2D eigenvalue weighted by Gasteiger charge is 2.26. The average Bonchev–Trinajstić information content (AvgIpc) is 3.34. The summed E-state index contributed by atoms with van der Waals surface area (Å²) in [7, 11) is 0. The number of hydrogen-bond donors (Lipinski definition) is 2. The smallest absolute Gasteiger partial charge is 0.261 e. The first-order valence-corrected chi connectivity index (χ1v) is 9.92. The second-order valence-corrected chi connectivity index (χ2v) is 8.23. The molecule has 0 saturated carbocycles. The van der Waals surface area contributed by atoms with Gasteiger partial charge in [0.2, 0.25) is 0 Å². The summed E-state index contributed by atoms with van der Waals surface area (Å²) < 4.78 is 3.17.